The van der Waals surface area contributed by atoms with E-state index in [4.69, 9.17) is 0 Å². The molecule has 2 N–H and O–H groups in total. The SMILES string of the molecule is CCNC(=NCc1cn2ccsc2n1)NCC(C)(C)c1ccccc1. The Labute approximate surface area is 152 Å². The van der Waals surface area contributed by atoms with Crippen molar-refractivity contribution in [3.05, 3.63) is 59.4 Å². The van der Waals surface area contributed by atoms with E-state index in [1.54, 1.807) is 11.3 Å². The molecule has 0 radical (unpaired) electrons. The van der Waals surface area contributed by atoms with Gasteiger partial charge in [0.25, 0.3) is 0 Å². The Balaban J connectivity index is 1.65. The maximum atomic E-state index is 4.68. The minimum atomic E-state index is 0.0223. The van der Waals surface area contributed by atoms with Crippen LogP contribution in [-0.2, 0) is 12.0 Å². The van der Waals surface area contributed by atoms with Gasteiger partial charge in [-0.05, 0) is 12.5 Å². The van der Waals surface area contributed by atoms with E-state index in [0.29, 0.717) is 6.54 Å². The molecule has 0 atom stereocenters. The van der Waals surface area contributed by atoms with Crippen LogP contribution in [0.4, 0.5) is 0 Å². The molecule has 2 aromatic heterocycles. The van der Waals surface area contributed by atoms with Gasteiger partial charge >= 0.3 is 0 Å². The summed E-state index contributed by atoms with van der Waals surface area (Å²) >= 11 is 1.64. The van der Waals surface area contributed by atoms with Crippen LogP contribution < -0.4 is 10.6 Å². The number of rotatable bonds is 6. The number of thiazole rings is 1. The molecule has 0 aliphatic rings. The minimum absolute atomic E-state index is 0.0223. The second kappa shape index (κ2) is 7.70. The summed E-state index contributed by atoms with van der Waals surface area (Å²) in [5.41, 5.74) is 2.31. The number of aliphatic imine (C=N–C) groups is 1. The lowest BCUT2D eigenvalue weighted by Gasteiger charge is -2.26. The zero-order valence-electron chi connectivity index (χ0n) is 15.0. The summed E-state index contributed by atoms with van der Waals surface area (Å²) in [6.07, 6.45) is 4.05. The first kappa shape index (κ1) is 17.5. The molecular formula is C19H25N5S. The van der Waals surface area contributed by atoms with E-state index in [9.17, 15) is 0 Å². The van der Waals surface area contributed by atoms with Crippen molar-refractivity contribution in [2.45, 2.75) is 32.7 Å². The van der Waals surface area contributed by atoms with Gasteiger partial charge < -0.3 is 10.6 Å². The summed E-state index contributed by atoms with van der Waals surface area (Å²) in [6.45, 7) is 8.75. The van der Waals surface area contributed by atoms with Crippen LogP contribution in [0.25, 0.3) is 4.96 Å². The van der Waals surface area contributed by atoms with Gasteiger partial charge in [0.1, 0.15) is 0 Å². The first-order valence-corrected chi connectivity index (χ1v) is 9.45. The molecule has 25 heavy (non-hydrogen) atoms. The molecule has 132 valence electrons. The highest BCUT2D eigenvalue weighted by Crippen LogP contribution is 2.21. The van der Waals surface area contributed by atoms with E-state index in [0.717, 1.165) is 29.7 Å². The Bertz CT molecular complexity index is 803. The molecule has 0 amide bonds. The zero-order chi connectivity index (χ0) is 17.7. The largest absolute Gasteiger partial charge is 0.357 e. The van der Waals surface area contributed by atoms with Gasteiger partial charge in [-0.2, -0.15) is 0 Å². The predicted molar refractivity (Wildman–Crippen MR) is 105 cm³/mol. The van der Waals surface area contributed by atoms with Crippen LogP contribution in [0.5, 0.6) is 0 Å². The fourth-order valence-electron chi connectivity index (χ4n) is 2.65. The summed E-state index contributed by atoms with van der Waals surface area (Å²) in [7, 11) is 0. The molecule has 0 saturated heterocycles. The lowest BCUT2D eigenvalue weighted by Crippen LogP contribution is -2.43. The second-order valence-electron chi connectivity index (χ2n) is 6.62. The standard InChI is InChI=1S/C19H25N5S/c1-4-20-17(21-12-16-13-24-10-11-25-18(24)23-16)22-14-19(2,3)15-8-6-5-7-9-15/h5-11,13H,4,12,14H2,1-3H3,(H2,20,21,22). The van der Waals surface area contributed by atoms with Crippen molar-refractivity contribution >= 4 is 22.3 Å². The first-order valence-electron chi connectivity index (χ1n) is 8.57. The van der Waals surface area contributed by atoms with Crippen LogP contribution in [0, 0.1) is 0 Å². The normalized spacial score (nSPS) is 12.5. The van der Waals surface area contributed by atoms with Gasteiger partial charge in [-0.15, -0.1) is 11.3 Å². The third kappa shape index (κ3) is 4.39. The Morgan fingerprint density at radius 1 is 1.24 bits per heavy atom. The average Bonchev–Trinajstić information content (AvgIpc) is 3.20. The zero-order valence-corrected chi connectivity index (χ0v) is 15.8. The minimum Gasteiger partial charge on any atom is -0.357 e. The van der Waals surface area contributed by atoms with Crippen LogP contribution in [-0.4, -0.2) is 28.4 Å². The number of nitrogens with one attached hydrogen (secondary N) is 2. The molecule has 5 nitrogen and oxygen atoms in total. The third-order valence-electron chi connectivity index (χ3n) is 4.14. The molecule has 0 spiro atoms. The van der Waals surface area contributed by atoms with Crippen LogP contribution in [0.1, 0.15) is 32.0 Å². The summed E-state index contributed by atoms with van der Waals surface area (Å²) in [4.78, 5) is 10.3. The van der Waals surface area contributed by atoms with E-state index in [1.165, 1.54) is 5.56 Å². The van der Waals surface area contributed by atoms with Gasteiger partial charge in [0.2, 0.25) is 0 Å². The van der Waals surface area contributed by atoms with E-state index in [2.05, 4.69) is 65.6 Å². The topological polar surface area (TPSA) is 53.7 Å². The third-order valence-corrected chi connectivity index (χ3v) is 4.91. The van der Waals surface area contributed by atoms with Crippen molar-refractivity contribution in [1.29, 1.82) is 0 Å². The van der Waals surface area contributed by atoms with Crippen molar-refractivity contribution in [1.82, 2.24) is 20.0 Å². The molecule has 2 heterocycles. The summed E-state index contributed by atoms with van der Waals surface area (Å²) in [6, 6.07) is 10.6. The molecule has 0 aliphatic heterocycles. The van der Waals surface area contributed by atoms with Crippen molar-refractivity contribution in [3.8, 4) is 0 Å². The predicted octanol–water partition coefficient (Wildman–Crippen LogP) is 3.43. The van der Waals surface area contributed by atoms with Crippen molar-refractivity contribution < 1.29 is 0 Å². The molecule has 0 fully saturated rings. The van der Waals surface area contributed by atoms with Gasteiger partial charge in [0.05, 0.1) is 12.2 Å². The quantitative estimate of drug-likeness (QED) is 0.526. The molecule has 0 unspecified atom stereocenters. The molecule has 1 aromatic carbocycles. The highest BCUT2D eigenvalue weighted by atomic mass is 32.1. The van der Waals surface area contributed by atoms with Gasteiger partial charge in [0, 0.05) is 36.3 Å². The molecule has 0 saturated carbocycles. The van der Waals surface area contributed by atoms with E-state index in [-0.39, 0.29) is 5.41 Å². The van der Waals surface area contributed by atoms with E-state index in [1.807, 2.05) is 28.2 Å². The number of benzene rings is 1. The van der Waals surface area contributed by atoms with E-state index >= 15 is 0 Å². The smallest absolute Gasteiger partial charge is 0.193 e. The lowest BCUT2D eigenvalue weighted by molar-refractivity contribution is 0.508. The van der Waals surface area contributed by atoms with Crippen molar-refractivity contribution in [3.63, 3.8) is 0 Å². The Hall–Kier alpha value is -2.34. The summed E-state index contributed by atoms with van der Waals surface area (Å²) in [5.74, 6) is 0.822. The number of guanidine groups is 1. The van der Waals surface area contributed by atoms with E-state index < -0.39 is 0 Å². The van der Waals surface area contributed by atoms with Crippen LogP contribution in [0.15, 0.2) is 53.1 Å². The fourth-order valence-corrected chi connectivity index (χ4v) is 3.37. The van der Waals surface area contributed by atoms with Crippen LogP contribution in [0.2, 0.25) is 0 Å². The number of aromatic nitrogens is 2. The number of nitrogens with zero attached hydrogens (tertiary/aromatic N) is 3. The Morgan fingerprint density at radius 3 is 2.76 bits per heavy atom. The highest BCUT2D eigenvalue weighted by molar-refractivity contribution is 7.15. The van der Waals surface area contributed by atoms with Gasteiger partial charge in [-0.1, -0.05) is 44.2 Å². The molecular weight excluding hydrogens is 330 g/mol. The maximum Gasteiger partial charge on any atom is 0.193 e. The summed E-state index contributed by atoms with van der Waals surface area (Å²) in [5, 5.41) is 8.81. The number of fused-ring (bicyclic) bond motifs is 1. The van der Waals surface area contributed by atoms with Crippen LogP contribution >= 0.6 is 11.3 Å². The second-order valence-corrected chi connectivity index (χ2v) is 7.50. The van der Waals surface area contributed by atoms with Crippen molar-refractivity contribution in [2.75, 3.05) is 13.1 Å². The molecule has 0 aliphatic carbocycles. The first-order chi connectivity index (χ1) is 12.1. The highest BCUT2D eigenvalue weighted by Gasteiger charge is 2.20. The van der Waals surface area contributed by atoms with Crippen molar-refractivity contribution in [2.24, 2.45) is 4.99 Å². The van der Waals surface area contributed by atoms with Gasteiger partial charge in [0.15, 0.2) is 10.9 Å². The Morgan fingerprint density at radius 2 is 2.04 bits per heavy atom. The number of hydrogen-bond donors (Lipinski definition) is 2. The summed E-state index contributed by atoms with van der Waals surface area (Å²) < 4.78 is 2.04. The molecule has 3 aromatic rings. The maximum absolute atomic E-state index is 4.68. The van der Waals surface area contributed by atoms with Gasteiger partial charge in [-0.3, -0.25) is 4.40 Å². The number of hydrogen-bond acceptors (Lipinski definition) is 3. The van der Waals surface area contributed by atoms with Crippen LogP contribution in [0.3, 0.4) is 0 Å². The lowest BCUT2D eigenvalue weighted by atomic mass is 9.85. The monoisotopic (exact) mass is 355 g/mol. The fraction of sp³-hybridized carbons (Fsp3) is 0.368. The molecule has 3 rings (SSSR count). The van der Waals surface area contributed by atoms with Gasteiger partial charge in [-0.25, -0.2) is 9.98 Å². The Kier molecular flexibility index (Phi) is 5.38. The molecule has 6 heteroatoms. The number of imidazole rings is 1. The average molecular weight is 356 g/mol. The molecule has 0 bridgehead atoms.